The van der Waals surface area contributed by atoms with Crippen molar-refractivity contribution >= 4 is 22.7 Å². The molecule has 0 radical (unpaired) electrons. The summed E-state index contributed by atoms with van der Waals surface area (Å²) in [7, 11) is 0. The Balaban J connectivity index is 0.000000220. The molecule has 0 aliphatic heterocycles. The molecular weight excluding hydrogens is 310 g/mol. The molecule has 3 nitrogen and oxygen atoms in total. The van der Waals surface area contributed by atoms with Crippen molar-refractivity contribution in [2.75, 3.05) is 0 Å². The lowest BCUT2D eigenvalue weighted by Crippen LogP contribution is -1.85. The molecule has 2 aromatic heterocycles. The minimum atomic E-state index is 0.514. The second kappa shape index (κ2) is 8.73. The summed E-state index contributed by atoms with van der Waals surface area (Å²) in [5.41, 5.74) is 0. The third kappa shape index (κ3) is 5.76. The summed E-state index contributed by atoms with van der Waals surface area (Å²) in [6, 6.07) is 0. The molecule has 2 aromatic rings. The lowest BCUT2D eigenvalue weighted by Gasteiger charge is -1.98. The zero-order valence-corrected chi connectivity index (χ0v) is 16.7. The van der Waals surface area contributed by atoms with Gasteiger partial charge in [-0.25, -0.2) is 4.98 Å². The van der Waals surface area contributed by atoms with Crippen LogP contribution >= 0.6 is 22.7 Å². The highest BCUT2D eigenvalue weighted by Crippen LogP contribution is 2.26. The average Bonchev–Trinajstić information content (AvgIpc) is 3.09. The van der Waals surface area contributed by atoms with Gasteiger partial charge < -0.3 is 0 Å². The molecule has 0 fully saturated rings. The topological polar surface area (TPSA) is 38.7 Å². The van der Waals surface area contributed by atoms with Crippen LogP contribution in [0.2, 0.25) is 0 Å². The first-order valence-corrected chi connectivity index (χ1v) is 9.64. The van der Waals surface area contributed by atoms with E-state index in [0.29, 0.717) is 23.7 Å². The van der Waals surface area contributed by atoms with Gasteiger partial charge in [0.1, 0.15) is 10.0 Å². The van der Waals surface area contributed by atoms with Gasteiger partial charge in [0.15, 0.2) is 0 Å². The highest BCUT2D eigenvalue weighted by atomic mass is 32.1. The van der Waals surface area contributed by atoms with Crippen LogP contribution in [0, 0.1) is 0 Å². The molecule has 22 heavy (non-hydrogen) atoms. The molecule has 124 valence electrons. The monoisotopic (exact) mass is 339 g/mol. The Labute approximate surface area is 143 Å². The fourth-order valence-corrected chi connectivity index (χ4v) is 3.32. The maximum atomic E-state index is 4.36. The number of hydrogen-bond donors (Lipinski definition) is 0. The number of rotatable bonds is 4. The fraction of sp³-hybridized carbons (Fsp3) is 0.706. The average molecular weight is 340 g/mol. The van der Waals surface area contributed by atoms with Crippen LogP contribution in [0.3, 0.4) is 0 Å². The molecule has 0 aliphatic carbocycles. The van der Waals surface area contributed by atoms with Crippen molar-refractivity contribution in [1.82, 2.24) is 15.2 Å². The van der Waals surface area contributed by atoms with E-state index in [1.807, 2.05) is 17.5 Å². The maximum absolute atomic E-state index is 4.36. The second-order valence-corrected chi connectivity index (χ2v) is 8.83. The Morgan fingerprint density at radius 2 is 1.09 bits per heavy atom. The van der Waals surface area contributed by atoms with Gasteiger partial charge in [-0.2, -0.15) is 0 Å². The SMILES string of the molecule is CC(C)c1cnc(C(C)C)s1.CC(C)c1nnc(C(C)C)s1. The molecule has 0 saturated heterocycles. The summed E-state index contributed by atoms with van der Waals surface area (Å²) < 4.78 is 0. The van der Waals surface area contributed by atoms with Crippen molar-refractivity contribution in [2.24, 2.45) is 0 Å². The van der Waals surface area contributed by atoms with Gasteiger partial charge in [0.25, 0.3) is 0 Å². The van der Waals surface area contributed by atoms with E-state index in [1.165, 1.54) is 9.88 Å². The standard InChI is InChI=1S/C9H15NS.C8H14N2S/c1-6(2)8-5-10-9(11-8)7(3)4;1-5(2)7-9-10-8(11-7)6(3)4/h5-7H,1-4H3;5-6H,1-4H3. The highest BCUT2D eigenvalue weighted by Gasteiger charge is 2.09. The van der Waals surface area contributed by atoms with E-state index in [2.05, 4.69) is 70.6 Å². The van der Waals surface area contributed by atoms with E-state index in [-0.39, 0.29) is 0 Å². The lowest BCUT2D eigenvalue weighted by atomic mass is 10.2. The van der Waals surface area contributed by atoms with E-state index < -0.39 is 0 Å². The van der Waals surface area contributed by atoms with E-state index in [9.17, 15) is 0 Å². The summed E-state index contributed by atoms with van der Waals surface area (Å²) in [4.78, 5) is 5.75. The summed E-state index contributed by atoms with van der Waals surface area (Å²) in [6.07, 6.45) is 2.00. The van der Waals surface area contributed by atoms with Crippen LogP contribution < -0.4 is 0 Å². The zero-order valence-electron chi connectivity index (χ0n) is 15.0. The quantitative estimate of drug-likeness (QED) is 0.668. The van der Waals surface area contributed by atoms with Gasteiger partial charge in [0, 0.05) is 28.8 Å². The van der Waals surface area contributed by atoms with Gasteiger partial charge in [-0.15, -0.1) is 32.9 Å². The van der Waals surface area contributed by atoms with E-state index in [4.69, 9.17) is 0 Å². The molecule has 5 heteroatoms. The van der Waals surface area contributed by atoms with Gasteiger partial charge in [0.05, 0.1) is 5.01 Å². The van der Waals surface area contributed by atoms with Crippen molar-refractivity contribution < 1.29 is 0 Å². The lowest BCUT2D eigenvalue weighted by molar-refractivity contribution is 0.791. The molecule has 0 bridgehead atoms. The number of hydrogen-bond acceptors (Lipinski definition) is 5. The summed E-state index contributed by atoms with van der Waals surface area (Å²) >= 11 is 3.56. The molecular formula is C17H29N3S2. The summed E-state index contributed by atoms with van der Waals surface area (Å²) in [5.74, 6) is 2.23. The first-order chi connectivity index (χ1) is 10.2. The van der Waals surface area contributed by atoms with Crippen molar-refractivity contribution in [3.63, 3.8) is 0 Å². The van der Waals surface area contributed by atoms with Crippen LogP contribution in [0.5, 0.6) is 0 Å². The summed E-state index contributed by atoms with van der Waals surface area (Å²) in [6.45, 7) is 17.4. The largest absolute Gasteiger partial charge is 0.249 e. The van der Waals surface area contributed by atoms with Crippen LogP contribution in [0.4, 0.5) is 0 Å². The van der Waals surface area contributed by atoms with Crippen molar-refractivity contribution in [1.29, 1.82) is 0 Å². The molecule has 0 N–H and O–H groups in total. The third-order valence-electron chi connectivity index (χ3n) is 3.05. The number of nitrogens with zero attached hydrogens (tertiary/aromatic N) is 3. The Kier molecular flexibility index (Phi) is 7.63. The zero-order chi connectivity index (χ0) is 16.9. The van der Waals surface area contributed by atoms with Gasteiger partial charge in [-0.1, -0.05) is 55.4 Å². The van der Waals surface area contributed by atoms with Crippen molar-refractivity contribution in [2.45, 2.75) is 79.1 Å². The minimum absolute atomic E-state index is 0.514. The predicted molar refractivity (Wildman–Crippen MR) is 98.4 cm³/mol. The van der Waals surface area contributed by atoms with Crippen molar-refractivity contribution in [3.8, 4) is 0 Å². The first-order valence-electron chi connectivity index (χ1n) is 8.01. The second-order valence-electron chi connectivity index (χ2n) is 6.70. The van der Waals surface area contributed by atoms with Crippen molar-refractivity contribution in [3.05, 3.63) is 26.1 Å². The smallest absolute Gasteiger partial charge is 0.120 e. The van der Waals surface area contributed by atoms with Gasteiger partial charge in [-0.05, 0) is 5.92 Å². The number of thiazole rings is 1. The van der Waals surface area contributed by atoms with E-state index >= 15 is 0 Å². The molecule has 0 atom stereocenters. The van der Waals surface area contributed by atoms with Crippen LogP contribution in [-0.4, -0.2) is 15.2 Å². The predicted octanol–water partition coefficient (Wildman–Crippen LogP) is 6.17. The molecule has 0 unspecified atom stereocenters. The maximum Gasteiger partial charge on any atom is 0.120 e. The first kappa shape index (κ1) is 19.2. The third-order valence-corrected chi connectivity index (χ3v) is 6.17. The van der Waals surface area contributed by atoms with Gasteiger partial charge in [-0.3, -0.25) is 0 Å². The Morgan fingerprint density at radius 3 is 1.32 bits per heavy atom. The van der Waals surface area contributed by atoms with Crippen LogP contribution in [-0.2, 0) is 0 Å². The molecule has 2 rings (SSSR count). The molecule has 0 aromatic carbocycles. The van der Waals surface area contributed by atoms with Crippen LogP contribution in [0.25, 0.3) is 0 Å². The molecule has 0 aliphatic rings. The fourth-order valence-electron chi connectivity index (χ4n) is 1.55. The molecule has 0 amide bonds. The highest BCUT2D eigenvalue weighted by molar-refractivity contribution is 7.11. The normalized spacial score (nSPS) is 11.5. The number of aromatic nitrogens is 3. The Bertz CT molecular complexity index is 459. The molecule has 0 spiro atoms. The van der Waals surface area contributed by atoms with Crippen LogP contribution in [0.15, 0.2) is 6.20 Å². The minimum Gasteiger partial charge on any atom is -0.249 e. The Morgan fingerprint density at radius 1 is 0.636 bits per heavy atom. The van der Waals surface area contributed by atoms with E-state index in [0.717, 1.165) is 10.0 Å². The van der Waals surface area contributed by atoms with Gasteiger partial charge in [0.2, 0.25) is 0 Å². The summed E-state index contributed by atoms with van der Waals surface area (Å²) in [5, 5.41) is 11.8. The van der Waals surface area contributed by atoms with Crippen LogP contribution in [0.1, 0.15) is 99.0 Å². The molecule has 0 saturated carbocycles. The molecule has 2 heterocycles. The Hall–Kier alpha value is -0.810. The van der Waals surface area contributed by atoms with Gasteiger partial charge >= 0.3 is 0 Å². The van der Waals surface area contributed by atoms with E-state index in [1.54, 1.807) is 11.3 Å².